The summed E-state index contributed by atoms with van der Waals surface area (Å²) in [6.07, 6.45) is 2.59. The highest BCUT2D eigenvalue weighted by atomic mass is 35.5. The average molecular weight is 282 g/mol. The molecule has 1 aromatic heterocycles. The number of hydrazone groups is 1. The lowest BCUT2D eigenvalue weighted by Crippen LogP contribution is -2.24. The summed E-state index contributed by atoms with van der Waals surface area (Å²) < 4.78 is 5.29. The van der Waals surface area contributed by atoms with Crippen molar-refractivity contribution in [3.05, 3.63) is 45.3 Å². The third kappa shape index (κ3) is 2.66. The van der Waals surface area contributed by atoms with Gasteiger partial charge in [0.15, 0.2) is 5.11 Å². The van der Waals surface area contributed by atoms with E-state index in [1.807, 2.05) is 0 Å². The Labute approximate surface area is 112 Å². The van der Waals surface area contributed by atoms with E-state index in [0.29, 0.717) is 16.0 Å². The summed E-state index contributed by atoms with van der Waals surface area (Å²) >= 11 is 10.4. The molecule has 1 aromatic carbocycles. The number of fused-ring (bicyclic) bond motifs is 1. The smallest absolute Gasteiger partial charge is 0.201 e. The molecule has 92 valence electrons. The van der Waals surface area contributed by atoms with Gasteiger partial charge in [0, 0.05) is 5.02 Å². The zero-order chi connectivity index (χ0) is 13.1. The number of nitrogens with one attached hydrogen (secondary N) is 1. The van der Waals surface area contributed by atoms with Crippen molar-refractivity contribution >= 4 is 46.1 Å². The first-order valence-electron chi connectivity index (χ1n) is 4.87. The molecule has 2 rings (SSSR count). The molecule has 0 aliphatic heterocycles. The molecule has 7 heteroatoms. The summed E-state index contributed by atoms with van der Waals surface area (Å²) in [6.45, 7) is 0. The van der Waals surface area contributed by atoms with Gasteiger partial charge in [-0.3, -0.25) is 10.2 Å². The topological polar surface area (TPSA) is 80.6 Å². The summed E-state index contributed by atoms with van der Waals surface area (Å²) in [5.74, 6) is 0. The molecule has 18 heavy (non-hydrogen) atoms. The van der Waals surface area contributed by atoms with Crippen molar-refractivity contribution in [3.63, 3.8) is 0 Å². The summed E-state index contributed by atoms with van der Waals surface area (Å²) in [6, 6.07) is 4.82. The molecule has 0 radical (unpaired) electrons. The molecule has 0 saturated heterocycles. The molecular weight excluding hydrogens is 274 g/mol. The van der Waals surface area contributed by atoms with Crippen LogP contribution in [0.1, 0.15) is 5.56 Å². The summed E-state index contributed by atoms with van der Waals surface area (Å²) in [5.41, 5.74) is 8.05. The number of halogens is 1. The van der Waals surface area contributed by atoms with E-state index in [1.54, 1.807) is 18.2 Å². The van der Waals surface area contributed by atoms with Crippen molar-refractivity contribution in [1.29, 1.82) is 0 Å². The maximum Gasteiger partial charge on any atom is 0.201 e. The van der Waals surface area contributed by atoms with Gasteiger partial charge in [-0.25, -0.2) is 0 Å². The number of benzene rings is 1. The minimum atomic E-state index is -0.229. The molecule has 0 amide bonds. The first-order valence-corrected chi connectivity index (χ1v) is 5.66. The Morgan fingerprint density at radius 3 is 3.06 bits per heavy atom. The van der Waals surface area contributed by atoms with Gasteiger partial charge in [0.05, 0.1) is 17.2 Å². The lowest BCUT2D eigenvalue weighted by Gasteiger charge is -1.99. The van der Waals surface area contributed by atoms with Crippen molar-refractivity contribution in [2.24, 2.45) is 10.8 Å². The molecule has 0 aliphatic carbocycles. The number of hydrogen-bond acceptors (Lipinski definition) is 4. The predicted octanol–water partition coefficient (Wildman–Crippen LogP) is 1.61. The van der Waals surface area contributed by atoms with E-state index in [9.17, 15) is 4.79 Å². The van der Waals surface area contributed by atoms with Crippen LogP contribution in [-0.2, 0) is 0 Å². The van der Waals surface area contributed by atoms with Crippen LogP contribution in [0, 0.1) is 0 Å². The zero-order valence-electron chi connectivity index (χ0n) is 9.01. The molecule has 0 fully saturated rings. The predicted molar refractivity (Wildman–Crippen MR) is 75.0 cm³/mol. The summed E-state index contributed by atoms with van der Waals surface area (Å²) in [4.78, 5) is 12.1. The van der Waals surface area contributed by atoms with Crippen molar-refractivity contribution in [2.75, 3.05) is 0 Å². The van der Waals surface area contributed by atoms with Gasteiger partial charge in [0.25, 0.3) is 0 Å². The average Bonchev–Trinajstić information content (AvgIpc) is 2.32. The van der Waals surface area contributed by atoms with E-state index in [1.165, 1.54) is 12.5 Å². The van der Waals surface area contributed by atoms with Crippen LogP contribution in [0.25, 0.3) is 11.0 Å². The van der Waals surface area contributed by atoms with Gasteiger partial charge in [-0.1, -0.05) is 11.6 Å². The first kappa shape index (κ1) is 12.5. The number of hydrogen-bond donors (Lipinski definition) is 2. The summed E-state index contributed by atoms with van der Waals surface area (Å²) in [7, 11) is 0. The van der Waals surface area contributed by atoms with Crippen molar-refractivity contribution in [3.8, 4) is 0 Å². The van der Waals surface area contributed by atoms with Gasteiger partial charge in [0.2, 0.25) is 5.43 Å². The normalized spacial score (nSPS) is 10.9. The Morgan fingerprint density at radius 1 is 1.56 bits per heavy atom. The molecule has 0 spiro atoms. The Hall–Kier alpha value is -1.92. The number of rotatable bonds is 2. The fourth-order valence-electron chi connectivity index (χ4n) is 1.37. The third-order valence-electron chi connectivity index (χ3n) is 2.14. The second-order valence-corrected chi connectivity index (χ2v) is 4.27. The van der Waals surface area contributed by atoms with Gasteiger partial charge in [-0.2, -0.15) is 5.10 Å². The Balaban J connectivity index is 2.47. The van der Waals surface area contributed by atoms with E-state index in [0.717, 1.165) is 0 Å². The molecule has 0 aliphatic rings. The van der Waals surface area contributed by atoms with Gasteiger partial charge in [0.1, 0.15) is 11.8 Å². The highest BCUT2D eigenvalue weighted by molar-refractivity contribution is 7.80. The van der Waals surface area contributed by atoms with Crippen molar-refractivity contribution < 1.29 is 4.42 Å². The highest BCUT2D eigenvalue weighted by Crippen LogP contribution is 2.16. The van der Waals surface area contributed by atoms with Gasteiger partial charge < -0.3 is 10.2 Å². The third-order valence-corrected chi connectivity index (χ3v) is 2.47. The monoisotopic (exact) mass is 281 g/mol. The molecule has 0 saturated carbocycles. The standard InChI is InChI=1S/C11H8ClN3O2S/c12-7-1-2-9-8(3-7)10(16)6(5-17-9)4-14-15-11(13)18/h1-5H,(H3,13,15,18). The van der Waals surface area contributed by atoms with Crippen LogP contribution in [0.3, 0.4) is 0 Å². The van der Waals surface area contributed by atoms with E-state index in [2.05, 4.69) is 22.7 Å². The second-order valence-electron chi connectivity index (χ2n) is 3.39. The van der Waals surface area contributed by atoms with Crippen LogP contribution >= 0.6 is 23.8 Å². The Bertz CT molecular complexity index is 696. The second kappa shape index (κ2) is 5.16. The van der Waals surface area contributed by atoms with Crippen LogP contribution in [-0.4, -0.2) is 11.3 Å². The Kier molecular flexibility index (Phi) is 3.59. The molecule has 0 unspecified atom stereocenters. The van der Waals surface area contributed by atoms with Crippen molar-refractivity contribution in [1.82, 2.24) is 5.43 Å². The number of nitrogens with zero attached hydrogens (tertiary/aromatic N) is 1. The molecule has 0 bridgehead atoms. The minimum Gasteiger partial charge on any atom is -0.463 e. The molecule has 0 atom stereocenters. The maximum absolute atomic E-state index is 12.1. The molecular formula is C11H8ClN3O2S. The quantitative estimate of drug-likeness (QED) is 0.497. The summed E-state index contributed by atoms with van der Waals surface area (Å²) in [5, 5.41) is 4.56. The Morgan fingerprint density at radius 2 is 2.33 bits per heavy atom. The van der Waals surface area contributed by atoms with E-state index >= 15 is 0 Å². The lowest BCUT2D eigenvalue weighted by molar-refractivity contribution is 0.601. The maximum atomic E-state index is 12.1. The van der Waals surface area contributed by atoms with Crippen molar-refractivity contribution in [2.45, 2.75) is 0 Å². The van der Waals surface area contributed by atoms with Crippen LogP contribution in [0.2, 0.25) is 5.02 Å². The van der Waals surface area contributed by atoms with Crippen LogP contribution in [0.15, 0.2) is 38.8 Å². The van der Waals surface area contributed by atoms with E-state index < -0.39 is 0 Å². The lowest BCUT2D eigenvalue weighted by atomic mass is 10.2. The van der Waals surface area contributed by atoms with Gasteiger partial charge in [-0.05, 0) is 30.4 Å². The minimum absolute atomic E-state index is 0.0134. The molecule has 2 aromatic rings. The molecule has 1 heterocycles. The van der Waals surface area contributed by atoms with Crippen LogP contribution in [0.4, 0.5) is 0 Å². The SMILES string of the molecule is NC(=S)NN=Cc1coc2ccc(Cl)cc2c1=O. The number of thiocarbonyl (C=S) groups is 1. The largest absolute Gasteiger partial charge is 0.463 e. The van der Waals surface area contributed by atoms with Crippen LogP contribution in [0.5, 0.6) is 0 Å². The fraction of sp³-hybridized carbons (Fsp3) is 0. The van der Waals surface area contributed by atoms with E-state index in [-0.39, 0.29) is 16.1 Å². The van der Waals surface area contributed by atoms with Crippen LogP contribution < -0.4 is 16.6 Å². The van der Waals surface area contributed by atoms with E-state index in [4.69, 9.17) is 21.8 Å². The highest BCUT2D eigenvalue weighted by Gasteiger charge is 2.05. The van der Waals surface area contributed by atoms with Gasteiger partial charge >= 0.3 is 0 Å². The zero-order valence-corrected chi connectivity index (χ0v) is 10.6. The van der Waals surface area contributed by atoms with Gasteiger partial charge in [-0.15, -0.1) is 0 Å². The number of nitrogens with two attached hydrogens (primary N) is 1. The first-order chi connectivity index (χ1) is 8.58. The molecule has 5 nitrogen and oxygen atoms in total. The molecule has 3 N–H and O–H groups in total. The fourth-order valence-corrected chi connectivity index (χ4v) is 1.60.